The van der Waals surface area contributed by atoms with E-state index in [2.05, 4.69) is 25.8 Å². The van der Waals surface area contributed by atoms with Crippen molar-refractivity contribution in [2.75, 3.05) is 20.2 Å². The molecule has 0 bridgehead atoms. The van der Waals surface area contributed by atoms with E-state index in [1.165, 1.54) is 25.7 Å². The van der Waals surface area contributed by atoms with Gasteiger partial charge in [-0.15, -0.1) is 0 Å². The molecule has 2 fully saturated rings. The van der Waals surface area contributed by atoms with E-state index >= 15 is 0 Å². The number of nitrogens with zero attached hydrogens (tertiary/aromatic N) is 1. The molecule has 1 saturated heterocycles. The topological polar surface area (TPSA) is 38.5 Å². The van der Waals surface area contributed by atoms with Gasteiger partial charge in [0.2, 0.25) is 0 Å². The molecule has 1 atom stereocenters. The fourth-order valence-electron chi connectivity index (χ4n) is 2.89. The highest BCUT2D eigenvalue weighted by molar-refractivity contribution is 4.98. The van der Waals surface area contributed by atoms with Crippen LogP contribution >= 0.6 is 0 Å². The second-order valence-electron chi connectivity index (χ2n) is 6.16. The van der Waals surface area contributed by atoms with Crippen LogP contribution in [0.2, 0.25) is 0 Å². The second-order valence-corrected chi connectivity index (χ2v) is 6.16. The highest BCUT2D eigenvalue weighted by Gasteiger charge is 2.44. The molecule has 2 N–H and O–H groups in total. The molecule has 0 aromatic heterocycles. The summed E-state index contributed by atoms with van der Waals surface area (Å²) in [5, 5.41) is 0. The van der Waals surface area contributed by atoms with Gasteiger partial charge in [0.1, 0.15) is 0 Å². The van der Waals surface area contributed by atoms with Crippen molar-refractivity contribution in [3.05, 3.63) is 0 Å². The lowest BCUT2D eigenvalue weighted by Crippen LogP contribution is -2.57. The third-order valence-corrected chi connectivity index (χ3v) is 4.73. The largest absolute Gasteiger partial charge is 0.375 e. The summed E-state index contributed by atoms with van der Waals surface area (Å²) >= 11 is 0. The van der Waals surface area contributed by atoms with Crippen molar-refractivity contribution in [2.24, 2.45) is 5.73 Å². The van der Waals surface area contributed by atoms with Gasteiger partial charge in [-0.05, 0) is 53.0 Å². The van der Waals surface area contributed by atoms with Gasteiger partial charge in [-0.3, -0.25) is 4.90 Å². The van der Waals surface area contributed by atoms with Gasteiger partial charge >= 0.3 is 0 Å². The number of hydrogen-bond donors (Lipinski definition) is 1. The number of ether oxygens (including phenoxy) is 1. The molecule has 0 aromatic carbocycles. The van der Waals surface area contributed by atoms with Gasteiger partial charge in [-0.2, -0.15) is 0 Å². The van der Waals surface area contributed by atoms with E-state index in [1.807, 2.05) is 0 Å². The lowest BCUT2D eigenvalue weighted by Gasteiger charge is -2.51. The predicted molar refractivity (Wildman–Crippen MR) is 66.5 cm³/mol. The Morgan fingerprint density at radius 1 is 1.44 bits per heavy atom. The zero-order valence-electron chi connectivity index (χ0n) is 11.0. The summed E-state index contributed by atoms with van der Waals surface area (Å²) in [4.78, 5) is 2.47. The smallest absolute Gasteiger partial charge is 0.0697 e. The molecule has 2 aliphatic rings. The zero-order chi connectivity index (χ0) is 11.8. The summed E-state index contributed by atoms with van der Waals surface area (Å²) in [7, 11) is 2.22. The molecule has 3 nitrogen and oxygen atoms in total. The van der Waals surface area contributed by atoms with E-state index in [1.54, 1.807) is 0 Å². The lowest BCUT2D eigenvalue weighted by atomic mass is 9.73. The van der Waals surface area contributed by atoms with Crippen LogP contribution in [-0.4, -0.2) is 42.3 Å². The summed E-state index contributed by atoms with van der Waals surface area (Å²) < 4.78 is 5.97. The first-order valence-corrected chi connectivity index (χ1v) is 6.56. The van der Waals surface area contributed by atoms with E-state index in [0.29, 0.717) is 12.6 Å². The first kappa shape index (κ1) is 12.3. The molecule has 16 heavy (non-hydrogen) atoms. The third kappa shape index (κ3) is 2.13. The Morgan fingerprint density at radius 3 is 2.62 bits per heavy atom. The Morgan fingerprint density at radius 2 is 2.12 bits per heavy atom. The SMILES string of the molecule is CN(C1CCOC2(CCC2)C1)C(C)(C)CN. The summed E-state index contributed by atoms with van der Waals surface area (Å²) in [6, 6.07) is 0.646. The highest BCUT2D eigenvalue weighted by Crippen LogP contribution is 2.43. The molecule has 1 saturated carbocycles. The minimum atomic E-state index is 0.104. The first-order valence-electron chi connectivity index (χ1n) is 6.56. The van der Waals surface area contributed by atoms with Crippen molar-refractivity contribution in [3.8, 4) is 0 Å². The van der Waals surface area contributed by atoms with Crippen LogP contribution in [-0.2, 0) is 4.74 Å². The number of nitrogens with two attached hydrogens (primary N) is 1. The van der Waals surface area contributed by atoms with Crippen LogP contribution in [0.25, 0.3) is 0 Å². The quantitative estimate of drug-likeness (QED) is 0.797. The second kappa shape index (κ2) is 4.28. The van der Waals surface area contributed by atoms with Gasteiger partial charge in [-0.1, -0.05) is 0 Å². The predicted octanol–water partition coefficient (Wildman–Crippen LogP) is 1.76. The van der Waals surface area contributed by atoms with Crippen molar-refractivity contribution >= 4 is 0 Å². The first-order chi connectivity index (χ1) is 7.49. The van der Waals surface area contributed by atoms with Gasteiger partial charge in [0.15, 0.2) is 0 Å². The maximum Gasteiger partial charge on any atom is 0.0697 e. The monoisotopic (exact) mass is 226 g/mol. The average molecular weight is 226 g/mol. The number of hydrogen-bond acceptors (Lipinski definition) is 3. The van der Waals surface area contributed by atoms with Crippen LogP contribution in [0.15, 0.2) is 0 Å². The van der Waals surface area contributed by atoms with Gasteiger partial charge < -0.3 is 10.5 Å². The van der Waals surface area contributed by atoms with E-state index in [-0.39, 0.29) is 11.1 Å². The van der Waals surface area contributed by atoms with Crippen molar-refractivity contribution < 1.29 is 4.74 Å². The van der Waals surface area contributed by atoms with Crippen molar-refractivity contribution in [3.63, 3.8) is 0 Å². The normalized spacial score (nSPS) is 29.4. The molecule has 1 unspecified atom stereocenters. The Bertz CT molecular complexity index is 248. The minimum Gasteiger partial charge on any atom is -0.375 e. The Balaban J connectivity index is 1.98. The van der Waals surface area contributed by atoms with Crippen LogP contribution in [0.4, 0.5) is 0 Å². The van der Waals surface area contributed by atoms with Gasteiger partial charge in [0, 0.05) is 24.7 Å². The lowest BCUT2D eigenvalue weighted by molar-refractivity contribution is -0.153. The molecule has 3 heteroatoms. The summed E-state index contributed by atoms with van der Waals surface area (Å²) in [5.74, 6) is 0. The van der Waals surface area contributed by atoms with Crippen LogP contribution in [0, 0.1) is 0 Å². The molecular weight excluding hydrogens is 200 g/mol. The number of rotatable bonds is 3. The standard InChI is InChI=1S/C13H26N2O/c1-12(2,10-14)15(3)11-5-8-16-13(9-11)6-4-7-13/h11H,4-10,14H2,1-3H3. The van der Waals surface area contributed by atoms with Crippen LogP contribution in [0.3, 0.4) is 0 Å². The maximum atomic E-state index is 5.97. The van der Waals surface area contributed by atoms with Gasteiger partial charge in [0.25, 0.3) is 0 Å². The van der Waals surface area contributed by atoms with E-state index < -0.39 is 0 Å². The summed E-state index contributed by atoms with van der Waals surface area (Å²) in [5.41, 5.74) is 6.20. The zero-order valence-corrected chi connectivity index (χ0v) is 11.0. The molecule has 0 aromatic rings. The molecule has 1 aliphatic carbocycles. The Kier molecular flexibility index (Phi) is 3.30. The molecule has 1 heterocycles. The molecule has 94 valence electrons. The Labute approximate surface area is 99.3 Å². The fourth-order valence-corrected chi connectivity index (χ4v) is 2.89. The summed E-state index contributed by atoms with van der Waals surface area (Å²) in [6.45, 7) is 6.11. The number of likely N-dealkylation sites (N-methyl/N-ethyl adjacent to an activating group) is 1. The minimum absolute atomic E-state index is 0.104. The molecular formula is C13H26N2O. The van der Waals surface area contributed by atoms with E-state index in [0.717, 1.165) is 13.0 Å². The van der Waals surface area contributed by atoms with Crippen molar-refractivity contribution in [1.82, 2.24) is 4.90 Å². The maximum absolute atomic E-state index is 5.97. The fraction of sp³-hybridized carbons (Fsp3) is 1.00. The van der Waals surface area contributed by atoms with Crippen molar-refractivity contribution in [2.45, 2.75) is 63.1 Å². The van der Waals surface area contributed by atoms with Gasteiger partial charge in [-0.25, -0.2) is 0 Å². The molecule has 2 rings (SSSR count). The van der Waals surface area contributed by atoms with E-state index in [9.17, 15) is 0 Å². The third-order valence-electron chi connectivity index (χ3n) is 4.73. The van der Waals surface area contributed by atoms with E-state index in [4.69, 9.17) is 10.5 Å². The molecule has 1 spiro atoms. The molecule has 1 aliphatic heterocycles. The average Bonchev–Trinajstić information content (AvgIpc) is 2.26. The van der Waals surface area contributed by atoms with Crippen LogP contribution in [0.5, 0.6) is 0 Å². The van der Waals surface area contributed by atoms with Crippen LogP contribution in [0.1, 0.15) is 46.0 Å². The van der Waals surface area contributed by atoms with Crippen molar-refractivity contribution in [1.29, 1.82) is 0 Å². The molecule has 0 amide bonds. The van der Waals surface area contributed by atoms with Crippen LogP contribution < -0.4 is 5.73 Å². The highest BCUT2D eigenvalue weighted by atomic mass is 16.5. The van der Waals surface area contributed by atoms with Gasteiger partial charge in [0.05, 0.1) is 5.60 Å². The molecule has 0 radical (unpaired) electrons. The summed E-state index contributed by atoms with van der Waals surface area (Å²) in [6.07, 6.45) is 6.23. The Hall–Kier alpha value is -0.120.